The van der Waals surface area contributed by atoms with Crippen molar-refractivity contribution in [2.75, 3.05) is 31.5 Å². The molecule has 0 atom stereocenters. The van der Waals surface area contributed by atoms with Crippen molar-refractivity contribution in [1.82, 2.24) is 29.5 Å². The van der Waals surface area contributed by atoms with Gasteiger partial charge in [-0.05, 0) is 57.4 Å². The number of carbonyl (C=O) groups excluding carboxylic acids is 1. The second-order valence-corrected chi connectivity index (χ2v) is 9.97. The Bertz CT molecular complexity index is 1140. The Kier molecular flexibility index (Phi) is 6.97. The van der Waals surface area contributed by atoms with E-state index in [2.05, 4.69) is 71.2 Å². The minimum atomic E-state index is 0.160. The number of rotatable bonds is 6. The third-order valence-corrected chi connectivity index (χ3v) is 6.44. The van der Waals surface area contributed by atoms with Gasteiger partial charge in [-0.3, -0.25) is 14.4 Å². The van der Waals surface area contributed by atoms with Crippen molar-refractivity contribution in [3.63, 3.8) is 0 Å². The molecule has 3 heterocycles. The first-order valence-corrected chi connectivity index (χ1v) is 11.9. The molecule has 0 radical (unpaired) electrons. The Morgan fingerprint density at radius 2 is 1.88 bits per heavy atom. The Morgan fingerprint density at radius 3 is 2.53 bits per heavy atom. The highest BCUT2D eigenvalue weighted by molar-refractivity contribution is 5.76. The number of anilines is 2. The molecule has 3 aromatic rings. The second-order valence-electron chi connectivity index (χ2n) is 9.97. The summed E-state index contributed by atoms with van der Waals surface area (Å²) in [7, 11) is 1.87. The molecule has 1 aliphatic rings. The Labute approximate surface area is 202 Å². The quantitative estimate of drug-likeness (QED) is 0.602. The van der Waals surface area contributed by atoms with Crippen molar-refractivity contribution in [2.45, 2.75) is 46.1 Å². The lowest BCUT2D eigenvalue weighted by atomic mass is 9.99. The summed E-state index contributed by atoms with van der Waals surface area (Å²) in [4.78, 5) is 26.2. The number of piperazine rings is 1. The number of carbonyl (C=O) groups is 1. The van der Waals surface area contributed by atoms with Crippen molar-refractivity contribution in [3.05, 3.63) is 54.0 Å². The molecular formula is C26H35N7O. The highest BCUT2D eigenvalue weighted by Crippen LogP contribution is 2.23. The number of aromatic nitrogens is 4. The minimum Gasteiger partial charge on any atom is -0.340 e. The van der Waals surface area contributed by atoms with Gasteiger partial charge in [0.2, 0.25) is 11.9 Å². The monoisotopic (exact) mass is 461 g/mol. The lowest BCUT2D eigenvalue weighted by Crippen LogP contribution is -2.54. The summed E-state index contributed by atoms with van der Waals surface area (Å²) >= 11 is 0. The van der Waals surface area contributed by atoms with E-state index in [0.29, 0.717) is 12.4 Å². The fourth-order valence-electron chi connectivity index (χ4n) is 4.36. The molecule has 1 aliphatic heterocycles. The van der Waals surface area contributed by atoms with Gasteiger partial charge in [-0.25, -0.2) is 9.97 Å². The molecule has 4 rings (SSSR count). The number of benzene rings is 1. The predicted octanol–water partition coefficient (Wildman–Crippen LogP) is 3.80. The third kappa shape index (κ3) is 5.80. The normalized spacial score (nSPS) is 14.9. The first-order chi connectivity index (χ1) is 16.2. The molecule has 0 bridgehead atoms. The molecule has 0 spiro atoms. The molecule has 0 saturated carbocycles. The number of nitrogens with zero attached hydrogens (tertiary/aromatic N) is 6. The number of hydrogen-bond acceptors (Lipinski definition) is 6. The molecule has 180 valence electrons. The summed E-state index contributed by atoms with van der Waals surface area (Å²) in [6, 6.07) is 8.23. The number of aryl methyl sites for hydroxylation is 3. The van der Waals surface area contributed by atoms with Crippen LogP contribution in [0.5, 0.6) is 0 Å². The van der Waals surface area contributed by atoms with Gasteiger partial charge in [-0.1, -0.05) is 12.1 Å². The number of amides is 1. The molecule has 1 saturated heterocycles. The second kappa shape index (κ2) is 9.93. The van der Waals surface area contributed by atoms with E-state index in [9.17, 15) is 4.79 Å². The minimum absolute atomic E-state index is 0.160. The van der Waals surface area contributed by atoms with E-state index >= 15 is 0 Å². The molecule has 2 aromatic heterocycles. The van der Waals surface area contributed by atoms with Crippen LogP contribution in [0, 0.1) is 6.92 Å². The zero-order valence-corrected chi connectivity index (χ0v) is 20.9. The Balaban J connectivity index is 1.35. The fraction of sp³-hybridized carbons (Fsp3) is 0.462. The first-order valence-electron chi connectivity index (χ1n) is 11.9. The Hall–Kier alpha value is -3.26. The summed E-state index contributed by atoms with van der Waals surface area (Å²) < 4.78 is 1.73. The molecule has 0 aliphatic carbocycles. The SMILES string of the molecule is Cc1cc(-c2ccnc(Nc3cnn(C)c3)n2)ccc1CCC(=O)N1CCN(C(C)(C)C)CC1. The van der Waals surface area contributed by atoms with Gasteiger partial charge in [-0.2, -0.15) is 5.10 Å². The maximum Gasteiger partial charge on any atom is 0.227 e. The van der Waals surface area contributed by atoms with Crippen molar-refractivity contribution in [2.24, 2.45) is 7.05 Å². The average molecular weight is 462 g/mol. The van der Waals surface area contributed by atoms with Gasteiger partial charge in [-0.15, -0.1) is 0 Å². The van der Waals surface area contributed by atoms with E-state index in [1.54, 1.807) is 17.1 Å². The average Bonchev–Trinajstić information content (AvgIpc) is 3.22. The zero-order chi connectivity index (χ0) is 24.3. The van der Waals surface area contributed by atoms with Gasteiger partial charge in [0.1, 0.15) is 0 Å². The van der Waals surface area contributed by atoms with E-state index in [0.717, 1.165) is 49.5 Å². The topological polar surface area (TPSA) is 79.2 Å². The predicted molar refractivity (Wildman–Crippen MR) is 135 cm³/mol. The Morgan fingerprint density at radius 1 is 1.12 bits per heavy atom. The van der Waals surface area contributed by atoms with Gasteiger partial charge in [0.25, 0.3) is 0 Å². The van der Waals surface area contributed by atoms with Crippen LogP contribution >= 0.6 is 0 Å². The van der Waals surface area contributed by atoms with Crippen LogP contribution in [0.25, 0.3) is 11.3 Å². The van der Waals surface area contributed by atoms with Crippen LogP contribution in [0.15, 0.2) is 42.9 Å². The molecule has 1 aromatic carbocycles. The molecule has 8 heteroatoms. The van der Waals surface area contributed by atoms with Crippen LogP contribution in [-0.4, -0.2) is 67.2 Å². The van der Waals surface area contributed by atoms with Crippen LogP contribution in [0.3, 0.4) is 0 Å². The van der Waals surface area contributed by atoms with Gasteiger partial charge < -0.3 is 10.2 Å². The van der Waals surface area contributed by atoms with Gasteiger partial charge in [0, 0.05) is 63.1 Å². The fourth-order valence-corrected chi connectivity index (χ4v) is 4.36. The molecule has 1 fully saturated rings. The van der Waals surface area contributed by atoms with E-state index in [1.807, 2.05) is 24.2 Å². The zero-order valence-electron chi connectivity index (χ0n) is 20.9. The highest BCUT2D eigenvalue weighted by atomic mass is 16.2. The van der Waals surface area contributed by atoms with Gasteiger partial charge >= 0.3 is 0 Å². The molecule has 34 heavy (non-hydrogen) atoms. The molecule has 1 N–H and O–H groups in total. The first kappa shape index (κ1) is 23.9. The van der Waals surface area contributed by atoms with Crippen molar-refractivity contribution >= 4 is 17.5 Å². The largest absolute Gasteiger partial charge is 0.340 e. The van der Waals surface area contributed by atoms with E-state index < -0.39 is 0 Å². The number of nitrogens with one attached hydrogen (secondary N) is 1. The summed E-state index contributed by atoms with van der Waals surface area (Å²) in [5.74, 6) is 0.781. The molecule has 8 nitrogen and oxygen atoms in total. The lowest BCUT2D eigenvalue weighted by molar-refractivity contribution is -0.133. The summed E-state index contributed by atoms with van der Waals surface area (Å²) in [5, 5.41) is 7.34. The standard InChI is InChI=1S/C26H35N7O/c1-19-16-21(23-10-11-27-25(30-23)29-22-17-28-31(5)18-22)7-6-20(19)8-9-24(34)32-12-14-33(15-13-32)26(2,3)4/h6-7,10-11,16-18H,8-9,12-15H2,1-5H3,(H,27,29,30). The summed E-state index contributed by atoms with van der Waals surface area (Å²) in [6.07, 6.45) is 6.66. The van der Waals surface area contributed by atoms with E-state index in [-0.39, 0.29) is 11.4 Å². The summed E-state index contributed by atoms with van der Waals surface area (Å²) in [6.45, 7) is 12.3. The molecule has 0 unspecified atom stereocenters. The third-order valence-electron chi connectivity index (χ3n) is 6.44. The van der Waals surface area contributed by atoms with Crippen LogP contribution in [0.4, 0.5) is 11.6 Å². The maximum atomic E-state index is 12.8. The van der Waals surface area contributed by atoms with Crippen molar-refractivity contribution in [3.8, 4) is 11.3 Å². The summed E-state index contributed by atoms with van der Waals surface area (Å²) in [5.41, 5.74) is 5.26. The highest BCUT2D eigenvalue weighted by Gasteiger charge is 2.27. The molecular weight excluding hydrogens is 426 g/mol. The van der Waals surface area contributed by atoms with Gasteiger partial charge in [0.05, 0.1) is 17.6 Å². The molecule has 1 amide bonds. The number of hydrogen-bond donors (Lipinski definition) is 1. The van der Waals surface area contributed by atoms with Crippen LogP contribution in [-0.2, 0) is 18.3 Å². The van der Waals surface area contributed by atoms with Crippen LogP contribution < -0.4 is 5.32 Å². The van der Waals surface area contributed by atoms with Crippen LogP contribution in [0.2, 0.25) is 0 Å². The smallest absolute Gasteiger partial charge is 0.227 e. The van der Waals surface area contributed by atoms with Crippen LogP contribution in [0.1, 0.15) is 38.3 Å². The van der Waals surface area contributed by atoms with Crippen molar-refractivity contribution < 1.29 is 4.79 Å². The maximum absolute atomic E-state index is 12.8. The van der Waals surface area contributed by atoms with E-state index in [4.69, 9.17) is 0 Å². The lowest BCUT2D eigenvalue weighted by Gasteiger charge is -2.42. The van der Waals surface area contributed by atoms with E-state index in [1.165, 1.54) is 11.1 Å². The van der Waals surface area contributed by atoms with Gasteiger partial charge in [0.15, 0.2) is 0 Å². The van der Waals surface area contributed by atoms with Crippen molar-refractivity contribution in [1.29, 1.82) is 0 Å².